The van der Waals surface area contributed by atoms with E-state index in [1.165, 1.54) is 0 Å². The van der Waals surface area contributed by atoms with Crippen LogP contribution in [0.15, 0.2) is 0 Å². The third-order valence-corrected chi connectivity index (χ3v) is 4.53. The maximum absolute atomic E-state index is 12.4. The van der Waals surface area contributed by atoms with Gasteiger partial charge in [0.1, 0.15) is 6.04 Å². The number of imide groups is 1. The lowest BCUT2D eigenvalue weighted by atomic mass is 9.94. The summed E-state index contributed by atoms with van der Waals surface area (Å²) in [7, 11) is 1.90. The van der Waals surface area contributed by atoms with Gasteiger partial charge in [0, 0.05) is 12.0 Å². The highest BCUT2D eigenvalue weighted by Crippen LogP contribution is 2.25. The van der Waals surface area contributed by atoms with E-state index in [1.807, 2.05) is 32.7 Å². The summed E-state index contributed by atoms with van der Waals surface area (Å²) < 4.78 is 0. The molecule has 6 heteroatoms. The second-order valence-corrected chi connectivity index (χ2v) is 7.40. The van der Waals surface area contributed by atoms with Crippen LogP contribution in [0.4, 0.5) is 0 Å². The Morgan fingerprint density at radius 2 is 1.50 bits per heavy atom. The standard InChI is InChI=1S/C16H27N3O3/c1-16(2,3)15(22)19-10-6-8-12(19)14(21)17-13(20)11-7-5-9-18(11)4/h11-12H,5-10H2,1-4H3,(H,17,20,21)/t11-,12+/m1/s1. The molecule has 2 heterocycles. The molecule has 2 rings (SSSR count). The maximum Gasteiger partial charge on any atom is 0.249 e. The maximum atomic E-state index is 12.4. The van der Waals surface area contributed by atoms with Crippen molar-refractivity contribution < 1.29 is 14.4 Å². The number of rotatable bonds is 2. The predicted octanol–water partition coefficient (Wildman–Crippen LogP) is 0.761. The van der Waals surface area contributed by atoms with Crippen molar-refractivity contribution >= 4 is 17.7 Å². The first-order chi connectivity index (χ1) is 10.2. The number of likely N-dealkylation sites (tertiary alicyclic amines) is 2. The Balaban J connectivity index is 1.99. The molecule has 0 aromatic carbocycles. The molecular weight excluding hydrogens is 282 g/mol. The van der Waals surface area contributed by atoms with Crippen molar-refractivity contribution in [2.45, 2.75) is 58.5 Å². The van der Waals surface area contributed by atoms with Gasteiger partial charge >= 0.3 is 0 Å². The van der Waals surface area contributed by atoms with E-state index < -0.39 is 11.5 Å². The van der Waals surface area contributed by atoms with E-state index in [9.17, 15) is 14.4 Å². The number of amides is 3. The van der Waals surface area contributed by atoms with E-state index in [4.69, 9.17) is 0 Å². The van der Waals surface area contributed by atoms with Crippen molar-refractivity contribution in [1.29, 1.82) is 0 Å². The van der Waals surface area contributed by atoms with Gasteiger partial charge in [0.05, 0.1) is 6.04 Å². The molecule has 124 valence electrons. The molecule has 0 radical (unpaired) electrons. The third kappa shape index (κ3) is 3.48. The smallest absolute Gasteiger partial charge is 0.249 e. The van der Waals surface area contributed by atoms with Gasteiger partial charge in [-0.15, -0.1) is 0 Å². The SMILES string of the molecule is CN1CCC[C@@H]1C(=O)NC(=O)[C@@H]1CCCN1C(=O)C(C)(C)C. The molecule has 6 nitrogen and oxygen atoms in total. The highest BCUT2D eigenvalue weighted by Gasteiger charge is 2.39. The largest absolute Gasteiger partial charge is 0.330 e. The van der Waals surface area contributed by atoms with Gasteiger partial charge in [-0.05, 0) is 39.3 Å². The Morgan fingerprint density at radius 1 is 0.955 bits per heavy atom. The Kier molecular flexibility index (Phi) is 4.90. The topological polar surface area (TPSA) is 69.7 Å². The third-order valence-electron chi connectivity index (χ3n) is 4.53. The van der Waals surface area contributed by atoms with Crippen molar-refractivity contribution in [2.24, 2.45) is 5.41 Å². The van der Waals surface area contributed by atoms with Gasteiger partial charge < -0.3 is 4.90 Å². The zero-order chi connectivity index (χ0) is 16.5. The molecule has 2 aliphatic heterocycles. The zero-order valence-electron chi connectivity index (χ0n) is 14.0. The van der Waals surface area contributed by atoms with E-state index in [0.29, 0.717) is 13.0 Å². The molecule has 2 saturated heterocycles. The van der Waals surface area contributed by atoms with Crippen LogP contribution in [0.1, 0.15) is 46.5 Å². The number of carbonyl (C=O) groups excluding carboxylic acids is 3. The molecule has 0 unspecified atom stereocenters. The quantitative estimate of drug-likeness (QED) is 0.765. The molecule has 0 aromatic rings. The minimum Gasteiger partial charge on any atom is -0.330 e. The summed E-state index contributed by atoms with van der Waals surface area (Å²) in [6, 6.07) is -0.737. The average molecular weight is 309 g/mol. The lowest BCUT2D eigenvalue weighted by Crippen LogP contribution is -2.53. The summed E-state index contributed by atoms with van der Waals surface area (Å²) in [5.41, 5.74) is -0.515. The van der Waals surface area contributed by atoms with Crippen LogP contribution in [-0.2, 0) is 14.4 Å². The molecule has 3 amide bonds. The van der Waals surface area contributed by atoms with Crippen LogP contribution in [0.5, 0.6) is 0 Å². The number of nitrogens with one attached hydrogen (secondary N) is 1. The van der Waals surface area contributed by atoms with Crippen LogP contribution >= 0.6 is 0 Å². The van der Waals surface area contributed by atoms with Gasteiger partial charge in [-0.1, -0.05) is 20.8 Å². The monoisotopic (exact) mass is 309 g/mol. The molecule has 0 aromatic heterocycles. The Hall–Kier alpha value is -1.43. The molecule has 0 spiro atoms. The molecule has 0 bridgehead atoms. The van der Waals surface area contributed by atoms with Crippen LogP contribution in [0.2, 0.25) is 0 Å². The minimum absolute atomic E-state index is 0.0319. The van der Waals surface area contributed by atoms with E-state index in [1.54, 1.807) is 4.90 Å². The molecule has 1 N–H and O–H groups in total. The second kappa shape index (κ2) is 6.36. The van der Waals surface area contributed by atoms with Gasteiger partial charge in [-0.3, -0.25) is 24.6 Å². The van der Waals surface area contributed by atoms with E-state index in [-0.39, 0.29) is 23.8 Å². The van der Waals surface area contributed by atoms with E-state index in [2.05, 4.69) is 5.32 Å². The number of hydrogen-bond donors (Lipinski definition) is 1. The summed E-state index contributed by atoms with van der Waals surface area (Å²) in [6.45, 7) is 7.01. The average Bonchev–Trinajstić information content (AvgIpc) is 3.04. The van der Waals surface area contributed by atoms with Gasteiger partial charge in [0.2, 0.25) is 17.7 Å². The molecule has 2 fully saturated rings. The van der Waals surface area contributed by atoms with Crippen molar-refractivity contribution in [2.75, 3.05) is 20.1 Å². The van der Waals surface area contributed by atoms with Gasteiger partial charge in [0.15, 0.2) is 0 Å². The summed E-state index contributed by atoms with van der Waals surface area (Å²) in [4.78, 5) is 40.7. The van der Waals surface area contributed by atoms with Crippen LogP contribution in [-0.4, -0.2) is 59.7 Å². The first-order valence-electron chi connectivity index (χ1n) is 8.08. The Labute approximate surface area is 132 Å². The molecule has 22 heavy (non-hydrogen) atoms. The molecular formula is C16H27N3O3. The van der Waals surface area contributed by atoms with Gasteiger partial charge in [-0.2, -0.15) is 0 Å². The normalized spacial score (nSPS) is 26.3. The van der Waals surface area contributed by atoms with E-state index in [0.717, 1.165) is 25.8 Å². The Bertz CT molecular complexity index is 470. The summed E-state index contributed by atoms with van der Waals surface area (Å²) in [5, 5.41) is 2.52. The number of likely N-dealkylation sites (N-methyl/N-ethyl adjacent to an activating group) is 1. The fraction of sp³-hybridized carbons (Fsp3) is 0.812. The number of nitrogens with zero attached hydrogens (tertiary/aromatic N) is 2. The first-order valence-corrected chi connectivity index (χ1v) is 8.08. The van der Waals surface area contributed by atoms with Gasteiger partial charge in [0.25, 0.3) is 0 Å². The van der Waals surface area contributed by atoms with Crippen LogP contribution in [0.25, 0.3) is 0 Å². The number of hydrogen-bond acceptors (Lipinski definition) is 4. The summed E-state index contributed by atoms with van der Waals surface area (Å²) >= 11 is 0. The van der Waals surface area contributed by atoms with Crippen LogP contribution < -0.4 is 5.32 Å². The first kappa shape index (κ1) is 16.9. The highest BCUT2D eigenvalue weighted by molar-refractivity contribution is 6.01. The van der Waals surface area contributed by atoms with Crippen molar-refractivity contribution in [1.82, 2.24) is 15.1 Å². The fourth-order valence-electron chi connectivity index (χ4n) is 3.24. The van der Waals surface area contributed by atoms with E-state index >= 15 is 0 Å². The molecule has 0 saturated carbocycles. The predicted molar refractivity (Wildman–Crippen MR) is 83.0 cm³/mol. The molecule has 2 aliphatic rings. The molecule has 0 aliphatic carbocycles. The minimum atomic E-state index is -0.515. The number of carbonyl (C=O) groups is 3. The lowest BCUT2D eigenvalue weighted by molar-refractivity contribution is -0.146. The summed E-state index contributed by atoms with van der Waals surface area (Å²) in [5.74, 6) is -0.601. The molecule has 2 atom stereocenters. The second-order valence-electron chi connectivity index (χ2n) is 7.40. The summed E-state index contributed by atoms with van der Waals surface area (Å²) in [6.07, 6.45) is 3.19. The van der Waals surface area contributed by atoms with Crippen molar-refractivity contribution in [3.63, 3.8) is 0 Å². The fourth-order valence-corrected chi connectivity index (χ4v) is 3.24. The van der Waals surface area contributed by atoms with Crippen LogP contribution in [0, 0.1) is 5.41 Å². The van der Waals surface area contributed by atoms with Gasteiger partial charge in [-0.25, -0.2) is 0 Å². The lowest BCUT2D eigenvalue weighted by Gasteiger charge is -2.30. The van der Waals surface area contributed by atoms with Crippen molar-refractivity contribution in [3.8, 4) is 0 Å². The van der Waals surface area contributed by atoms with Crippen LogP contribution in [0.3, 0.4) is 0 Å². The highest BCUT2D eigenvalue weighted by atomic mass is 16.2. The van der Waals surface area contributed by atoms with Crippen molar-refractivity contribution in [3.05, 3.63) is 0 Å². The Morgan fingerprint density at radius 3 is 2.05 bits per heavy atom. The zero-order valence-corrected chi connectivity index (χ0v) is 14.0.